The molecule has 9 heteroatoms. The van der Waals surface area contributed by atoms with Gasteiger partial charge in [-0.15, -0.1) is 0 Å². The zero-order valence-electron chi connectivity index (χ0n) is 15.3. The summed E-state index contributed by atoms with van der Waals surface area (Å²) in [5.74, 6) is -0.272. The van der Waals surface area contributed by atoms with E-state index in [4.69, 9.17) is 16.0 Å². The summed E-state index contributed by atoms with van der Waals surface area (Å²) >= 11 is 6.02. The summed E-state index contributed by atoms with van der Waals surface area (Å²) in [6, 6.07) is 13.6. The summed E-state index contributed by atoms with van der Waals surface area (Å²) in [5, 5.41) is 13.4. The number of furan rings is 1. The Bertz CT molecular complexity index is 1070. The van der Waals surface area contributed by atoms with Crippen LogP contribution >= 0.6 is 11.6 Å². The fourth-order valence-corrected chi connectivity index (χ4v) is 2.94. The van der Waals surface area contributed by atoms with Crippen molar-refractivity contribution in [3.63, 3.8) is 0 Å². The lowest BCUT2D eigenvalue weighted by molar-refractivity contribution is -0.384. The molecule has 0 unspecified atom stereocenters. The normalized spacial score (nSPS) is 10.4. The number of carbonyl (C=O) groups is 2. The first kappa shape index (κ1) is 20.1. The molecule has 8 nitrogen and oxygen atoms in total. The highest BCUT2D eigenvalue weighted by molar-refractivity contribution is 6.34. The van der Waals surface area contributed by atoms with Gasteiger partial charge in [0.15, 0.2) is 0 Å². The molecule has 0 aliphatic carbocycles. The van der Waals surface area contributed by atoms with Crippen molar-refractivity contribution in [2.75, 3.05) is 12.4 Å². The van der Waals surface area contributed by atoms with Crippen LogP contribution in [0.3, 0.4) is 0 Å². The largest absolute Gasteiger partial charge is 0.467 e. The highest BCUT2D eigenvalue weighted by Gasteiger charge is 2.20. The molecule has 148 valence electrons. The molecular formula is C20H16ClN3O5. The number of nitro benzene ring substituents is 1. The first-order valence-electron chi connectivity index (χ1n) is 8.49. The van der Waals surface area contributed by atoms with E-state index in [0.717, 1.165) is 6.07 Å². The van der Waals surface area contributed by atoms with Crippen molar-refractivity contribution in [1.82, 2.24) is 4.90 Å². The fraction of sp³-hybridized carbons (Fsp3) is 0.100. The van der Waals surface area contributed by atoms with Gasteiger partial charge in [-0.1, -0.05) is 23.7 Å². The number of nitro groups is 1. The molecule has 1 N–H and O–H groups in total. The number of rotatable bonds is 6. The van der Waals surface area contributed by atoms with Crippen molar-refractivity contribution >= 4 is 34.8 Å². The highest BCUT2D eigenvalue weighted by atomic mass is 35.5. The molecule has 0 atom stereocenters. The van der Waals surface area contributed by atoms with Gasteiger partial charge < -0.3 is 14.6 Å². The lowest BCUT2D eigenvalue weighted by Crippen LogP contribution is -2.27. The van der Waals surface area contributed by atoms with E-state index in [1.165, 1.54) is 23.3 Å². The van der Waals surface area contributed by atoms with Crippen molar-refractivity contribution in [2.24, 2.45) is 0 Å². The van der Waals surface area contributed by atoms with E-state index in [-0.39, 0.29) is 34.3 Å². The lowest BCUT2D eigenvalue weighted by atomic mass is 10.1. The molecule has 0 saturated heterocycles. The Morgan fingerprint density at radius 3 is 2.55 bits per heavy atom. The average molecular weight is 414 g/mol. The van der Waals surface area contributed by atoms with Gasteiger partial charge in [0.2, 0.25) is 0 Å². The van der Waals surface area contributed by atoms with Crippen LogP contribution in [0.4, 0.5) is 11.4 Å². The molecule has 0 spiro atoms. The summed E-state index contributed by atoms with van der Waals surface area (Å²) in [5.41, 5.74) is 0.418. The maximum Gasteiger partial charge on any atom is 0.270 e. The molecule has 2 amide bonds. The van der Waals surface area contributed by atoms with E-state index >= 15 is 0 Å². The molecule has 1 aromatic heterocycles. The molecule has 2 aromatic carbocycles. The third-order valence-electron chi connectivity index (χ3n) is 4.13. The van der Waals surface area contributed by atoms with Crippen molar-refractivity contribution < 1.29 is 18.9 Å². The van der Waals surface area contributed by atoms with Gasteiger partial charge in [0.05, 0.1) is 39.6 Å². The van der Waals surface area contributed by atoms with Crippen molar-refractivity contribution in [2.45, 2.75) is 6.54 Å². The molecule has 1 heterocycles. The van der Waals surface area contributed by atoms with E-state index in [1.807, 2.05) is 0 Å². The summed E-state index contributed by atoms with van der Waals surface area (Å²) in [6.45, 7) is 0.266. The van der Waals surface area contributed by atoms with Crippen LogP contribution < -0.4 is 5.32 Å². The van der Waals surface area contributed by atoms with Crippen LogP contribution in [0.25, 0.3) is 0 Å². The third-order valence-corrected chi connectivity index (χ3v) is 4.45. The Morgan fingerprint density at radius 2 is 1.90 bits per heavy atom. The second-order valence-corrected chi connectivity index (χ2v) is 6.57. The third kappa shape index (κ3) is 4.61. The summed E-state index contributed by atoms with van der Waals surface area (Å²) < 4.78 is 5.26. The van der Waals surface area contributed by atoms with E-state index in [9.17, 15) is 19.7 Å². The van der Waals surface area contributed by atoms with Crippen LogP contribution in [0.5, 0.6) is 0 Å². The maximum atomic E-state index is 12.8. The number of benzene rings is 2. The molecule has 0 bridgehead atoms. The molecule has 0 aliphatic heterocycles. The SMILES string of the molecule is CN(Cc1ccco1)C(=O)c1ccccc1NC(=O)c1ccc([N+](=O)[O-])cc1Cl. The number of amides is 2. The monoisotopic (exact) mass is 413 g/mol. The minimum absolute atomic E-state index is 0.0588. The van der Waals surface area contributed by atoms with Gasteiger partial charge in [-0.25, -0.2) is 0 Å². The van der Waals surface area contributed by atoms with E-state index in [0.29, 0.717) is 11.4 Å². The summed E-state index contributed by atoms with van der Waals surface area (Å²) in [6.07, 6.45) is 1.52. The number of carbonyl (C=O) groups excluding carboxylic acids is 2. The molecule has 0 radical (unpaired) electrons. The van der Waals surface area contributed by atoms with Crippen molar-refractivity contribution in [3.05, 3.63) is 92.9 Å². The average Bonchev–Trinajstić information content (AvgIpc) is 3.20. The number of halogens is 1. The Balaban J connectivity index is 1.81. The number of non-ortho nitro benzene ring substituents is 1. The van der Waals surface area contributed by atoms with Gasteiger partial charge in [-0.2, -0.15) is 0 Å². The predicted octanol–water partition coefficient (Wildman–Crippen LogP) is 4.37. The Kier molecular flexibility index (Phi) is 5.94. The minimum atomic E-state index is -0.601. The fourth-order valence-electron chi connectivity index (χ4n) is 2.68. The van der Waals surface area contributed by atoms with Crippen LogP contribution in [0, 0.1) is 10.1 Å². The summed E-state index contributed by atoms with van der Waals surface area (Å²) in [7, 11) is 1.62. The second-order valence-electron chi connectivity index (χ2n) is 6.16. The molecule has 3 aromatic rings. The van der Waals surface area contributed by atoms with Gasteiger partial charge in [-0.3, -0.25) is 19.7 Å². The zero-order chi connectivity index (χ0) is 21.0. The molecule has 0 fully saturated rings. The van der Waals surface area contributed by atoms with E-state index in [1.54, 1.807) is 43.4 Å². The standard InChI is InChI=1S/C20H16ClN3O5/c1-23(12-14-5-4-10-29-14)20(26)16-6-2-3-7-18(16)22-19(25)15-9-8-13(24(27)28)11-17(15)21/h2-11H,12H2,1H3,(H,22,25). The lowest BCUT2D eigenvalue weighted by Gasteiger charge is -2.18. The number of hydrogen-bond acceptors (Lipinski definition) is 5. The first-order chi connectivity index (χ1) is 13.9. The highest BCUT2D eigenvalue weighted by Crippen LogP contribution is 2.25. The quantitative estimate of drug-likeness (QED) is 0.477. The Morgan fingerprint density at radius 1 is 1.14 bits per heavy atom. The van der Waals surface area contributed by atoms with Crippen LogP contribution in [-0.2, 0) is 6.54 Å². The summed E-state index contributed by atoms with van der Waals surface area (Å²) in [4.78, 5) is 37.1. The number of hydrogen-bond donors (Lipinski definition) is 1. The van der Waals surface area contributed by atoms with Crippen LogP contribution in [0.1, 0.15) is 26.5 Å². The van der Waals surface area contributed by atoms with Crippen LogP contribution in [0.15, 0.2) is 65.3 Å². The number of para-hydroxylation sites is 1. The van der Waals surface area contributed by atoms with Crippen LogP contribution in [0.2, 0.25) is 5.02 Å². The van der Waals surface area contributed by atoms with Gasteiger partial charge in [0, 0.05) is 19.2 Å². The first-order valence-corrected chi connectivity index (χ1v) is 8.87. The number of nitrogens with one attached hydrogen (secondary N) is 1. The Labute approximate surface area is 170 Å². The van der Waals surface area contributed by atoms with E-state index in [2.05, 4.69) is 5.32 Å². The number of anilines is 1. The van der Waals surface area contributed by atoms with Crippen molar-refractivity contribution in [1.29, 1.82) is 0 Å². The van der Waals surface area contributed by atoms with Gasteiger partial charge in [-0.05, 0) is 30.3 Å². The van der Waals surface area contributed by atoms with Gasteiger partial charge in [0.1, 0.15) is 5.76 Å². The molecule has 0 aliphatic rings. The molecule has 29 heavy (non-hydrogen) atoms. The zero-order valence-corrected chi connectivity index (χ0v) is 16.1. The van der Waals surface area contributed by atoms with Crippen LogP contribution in [-0.4, -0.2) is 28.7 Å². The minimum Gasteiger partial charge on any atom is -0.467 e. The molecular weight excluding hydrogens is 398 g/mol. The van der Waals surface area contributed by atoms with Gasteiger partial charge >= 0.3 is 0 Å². The number of nitrogens with zero attached hydrogens (tertiary/aromatic N) is 2. The van der Waals surface area contributed by atoms with Gasteiger partial charge in [0.25, 0.3) is 17.5 Å². The second kappa shape index (κ2) is 8.57. The maximum absolute atomic E-state index is 12.8. The topological polar surface area (TPSA) is 106 Å². The Hall–Kier alpha value is -3.65. The smallest absolute Gasteiger partial charge is 0.270 e. The predicted molar refractivity (Wildman–Crippen MR) is 107 cm³/mol. The van der Waals surface area contributed by atoms with E-state index < -0.39 is 10.8 Å². The molecule has 3 rings (SSSR count). The van der Waals surface area contributed by atoms with Crippen molar-refractivity contribution in [3.8, 4) is 0 Å². The molecule has 0 saturated carbocycles.